The molecule has 0 aliphatic carbocycles. The molecule has 9 nitrogen and oxygen atoms in total. The average Bonchev–Trinajstić information content (AvgIpc) is 2.76. The number of aromatic nitrogens is 3. The van der Waals surface area contributed by atoms with Gasteiger partial charge in [-0.1, -0.05) is 6.07 Å². The summed E-state index contributed by atoms with van der Waals surface area (Å²) in [6.45, 7) is 1.01. The van der Waals surface area contributed by atoms with Crippen LogP contribution in [0.3, 0.4) is 0 Å². The molecule has 1 aliphatic rings. The molecule has 0 unspecified atom stereocenters. The summed E-state index contributed by atoms with van der Waals surface area (Å²) in [5.74, 6) is 1.57. The Kier molecular flexibility index (Phi) is 5.77. The van der Waals surface area contributed by atoms with Crippen molar-refractivity contribution in [3.8, 4) is 17.0 Å². The van der Waals surface area contributed by atoms with Crippen LogP contribution in [0.15, 0.2) is 53.7 Å². The predicted octanol–water partition coefficient (Wildman–Crippen LogP) is 2.77. The molecule has 3 N–H and O–H groups in total. The van der Waals surface area contributed by atoms with Gasteiger partial charge in [-0.05, 0) is 37.1 Å². The van der Waals surface area contributed by atoms with E-state index in [-0.39, 0.29) is 4.90 Å². The van der Waals surface area contributed by atoms with Crippen LogP contribution >= 0.6 is 0 Å². The normalized spacial score (nSPS) is 15.9. The van der Waals surface area contributed by atoms with Gasteiger partial charge in [0.25, 0.3) is 0 Å². The van der Waals surface area contributed by atoms with Crippen LogP contribution in [0, 0.1) is 0 Å². The number of hydrogen-bond acceptors (Lipinski definition) is 8. The highest BCUT2D eigenvalue weighted by atomic mass is 32.2. The molecular formula is C20H22N6O3S. The van der Waals surface area contributed by atoms with Gasteiger partial charge in [0, 0.05) is 48.4 Å². The van der Waals surface area contributed by atoms with Crippen LogP contribution in [0.5, 0.6) is 5.88 Å². The minimum absolute atomic E-state index is 0.198. The molecule has 10 heteroatoms. The second-order valence-corrected chi connectivity index (χ2v) is 8.50. The fourth-order valence-corrected chi connectivity index (χ4v) is 4.18. The van der Waals surface area contributed by atoms with Crippen molar-refractivity contribution in [3.05, 3.63) is 48.8 Å². The van der Waals surface area contributed by atoms with E-state index < -0.39 is 10.0 Å². The number of fused-ring (bicyclic) bond motifs is 4. The first-order valence-corrected chi connectivity index (χ1v) is 11.0. The summed E-state index contributed by atoms with van der Waals surface area (Å²) in [6, 6.07) is 10.3. The average molecular weight is 427 g/mol. The Bertz CT molecular complexity index is 1140. The number of methoxy groups -OCH3 is 1. The van der Waals surface area contributed by atoms with Crippen molar-refractivity contribution in [1.29, 1.82) is 0 Å². The van der Waals surface area contributed by atoms with E-state index in [4.69, 9.17) is 4.74 Å². The zero-order chi connectivity index (χ0) is 21.0. The maximum absolute atomic E-state index is 12.5. The zero-order valence-electron chi connectivity index (χ0n) is 16.4. The predicted molar refractivity (Wildman–Crippen MR) is 114 cm³/mol. The molecule has 0 radical (unpaired) electrons. The van der Waals surface area contributed by atoms with Crippen molar-refractivity contribution in [2.75, 3.05) is 30.8 Å². The van der Waals surface area contributed by atoms with Crippen LogP contribution in [0.2, 0.25) is 0 Å². The van der Waals surface area contributed by atoms with Crippen LogP contribution in [0.1, 0.15) is 12.8 Å². The van der Waals surface area contributed by atoms with Crippen molar-refractivity contribution in [2.24, 2.45) is 0 Å². The van der Waals surface area contributed by atoms with Gasteiger partial charge in [-0.15, -0.1) is 0 Å². The lowest BCUT2D eigenvalue weighted by Gasteiger charge is -2.15. The van der Waals surface area contributed by atoms with Gasteiger partial charge in [0.1, 0.15) is 5.82 Å². The maximum atomic E-state index is 12.5. The van der Waals surface area contributed by atoms with Crippen molar-refractivity contribution in [2.45, 2.75) is 17.7 Å². The first-order valence-electron chi connectivity index (χ1n) is 9.53. The molecule has 4 bridgehead atoms. The van der Waals surface area contributed by atoms with Crippen molar-refractivity contribution in [1.82, 2.24) is 19.7 Å². The van der Waals surface area contributed by atoms with E-state index in [2.05, 4.69) is 30.3 Å². The van der Waals surface area contributed by atoms with Gasteiger partial charge in [0.15, 0.2) is 0 Å². The fourth-order valence-electron chi connectivity index (χ4n) is 3.07. The molecule has 0 saturated heterocycles. The molecule has 0 spiro atoms. The Morgan fingerprint density at radius 2 is 1.90 bits per heavy atom. The minimum Gasteiger partial charge on any atom is -0.481 e. The van der Waals surface area contributed by atoms with Crippen LogP contribution in [0.4, 0.5) is 17.5 Å². The molecular weight excluding hydrogens is 404 g/mol. The molecule has 0 atom stereocenters. The Labute approximate surface area is 175 Å². The molecule has 3 heterocycles. The molecule has 0 saturated carbocycles. The molecule has 3 aromatic rings. The first-order chi connectivity index (χ1) is 14.5. The number of nitrogens with zero attached hydrogens (tertiary/aromatic N) is 3. The quantitative estimate of drug-likeness (QED) is 0.572. The molecule has 0 amide bonds. The topological polar surface area (TPSA) is 118 Å². The SMILES string of the molecule is COc1ccc(-c2cnc3nc2NCCCCNS(=O)(=O)c2cccc(c2)N3)cn1. The van der Waals surface area contributed by atoms with Crippen molar-refractivity contribution < 1.29 is 13.2 Å². The highest BCUT2D eigenvalue weighted by Crippen LogP contribution is 2.28. The standard InChI is InChI=1S/C20H22N6O3S/c1-29-18-8-7-14(12-22-18)17-13-23-20-25-15-5-4-6-16(11-15)30(27,28)24-10-3-2-9-21-19(17)26-20/h4-8,11-13,24H,2-3,9-10H2,1H3,(H2,21,23,25,26). The van der Waals surface area contributed by atoms with Gasteiger partial charge >= 0.3 is 0 Å². The van der Waals surface area contributed by atoms with E-state index in [1.807, 2.05) is 6.07 Å². The van der Waals surface area contributed by atoms with Gasteiger partial charge in [-0.25, -0.2) is 23.1 Å². The van der Waals surface area contributed by atoms with Gasteiger partial charge in [-0.3, -0.25) is 0 Å². The Hall–Kier alpha value is -3.24. The number of hydrogen-bond donors (Lipinski definition) is 3. The Morgan fingerprint density at radius 3 is 2.70 bits per heavy atom. The van der Waals surface area contributed by atoms with E-state index in [1.54, 1.807) is 49.8 Å². The molecule has 156 valence electrons. The number of nitrogens with one attached hydrogen (secondary N) is 3. The largest absolute Gasteiger partial charge is 0.481 e. The number of sulfonamides is 1. The fraction of sp³-hybridized carbons (Fsp3) is 0.250. The lowest BCUT2D eigenvalue weighted by Crippen LogP contribution is -2.25. The van der Waals surface area contributed by atoms with Gasteiger partial charge < -0.3 is 15.4 Å². The number of ether oxygens (including phenoxy) is 1. The van der Waals surface area contributed by atoms with E-state index >= 15 is 0 Å². The minimum atomic E-state index is -3.56. The maximum Gasteiger partial charge on any atom is 0.240 e. The monoisotopic (exact) mass is 426 g/mol. The molecule has 1 aliphatic heterocycles. The molecule has 0 fully saturated rings. The third kappa shape index (κ3) is 4.50. The van der Waals surface area contributed by atoms with E-state index in [9.17, 15) is 8.42 Å². The summed E-state index contributed by atoms with van der Waals surface area (Å²) >= 11 is 0. The summed E-state index contributed by atoms with van der Waals surface area (Å²) in [4.78, 5) is 13.5. The molecule has 4 rings (SSSR count). The number of rotatable bonds is 2. The summed E-state index contributed by atoms with van der Waals surface area (Å²) in [6.07, 6.45) is 4.90. The van der Waals surface area contributed by atoms with E-state index in [1.165, 1.54) is 0 Å². The highest BCUT2D eigenvalue weighted by molar-refractivity contribution is 7.89. The summed E-state index contributed by atoms with van der Waals surface area (Å²) < 4.78 is 32.7. The Balaban J connectivity index is 1.71. The lowest BCUT2D eigenvalue weighted by molar-refractivity contribution is 0.398. The summed E-state index contributed by atoms with van der Waals surface area (Å²) in [7, 11) is -1.99. The third-order valence-electron chi connectivity index (χ3n) is 4.63. The van der Waals surface area contributed by atoms with Crippen LogP contribution < -0.4 is 20.1 Å². The van der Waals surface area contributed by atoms with Crippen LogP contribution in [-0.2, 0) is 10.0 Å². The second-order valence-electron chi connectivity index (χ2n) is 6.73. The second kappa shape index (κ2) is 8.64. The van der Waals surface area contributed by atoms with E-state index in [0.717, 1.165) is 17.5 Å². The Morgan fingerprint density at radius 1 is 1.03 bits per heavy atom. The summed E-state index contributed by atoms with van der Waals surface area (Å²) in [5.41, 5.74) is 2.26. The van der Waals surface area contributed by atoms with E-state index in [0.29, 0.717) is 42.8 Å². The zero-order valence-corrected chi connectivity index (χ0v) is 17.2. The highest BCUT2D eigenvalue weighted by Gasteiger charge is 2.16. The third-order valence-corrected chi connectivity index (χ3v) is 6.09. The molecule has 30 heavy (non-hydrogen) atoms. The van der Waals surface area contributed by atoms with Crippen molar-refractivity contribution >= 4 is 27.5 Å². The van der Waals surface area contributed by atoms with Gasteiger partial charge in [-0.2, -0.15) is 4.98 Å². The first kappa shape index (κ1) is 20.0. The smallest absolute Gasteiger partial charge is 0.240 e. The number of pyridine rings is 1. The van der Waals surface area contributed by atoms with Crippen LogP contribution in [0.25, 0.3) is 11.1 Å². The molecule has 2 aromatic heterocycles. The number of anilines is 3. The molecule has 1 aromatic carbocycles. The van der Waals surface area contributed by atoms with Crippen LogP contribution in [-0.4, -0.2) is 43.6 Å². The summed E-state index contributed by atoms with van der Waals surface area (Å²) in [5, 5.41) is 6.42. The number of benzene rings is 1. The lowest BCUT2D eigenvalue weighted by atomic mass is 10.1. The van der Waals surface area contributed by atoms with Crippen molar-refractivity contribution in [3.63, 3.8) is 0 Å². The van der Waals surface area contributed by atoms with Gasteiger partial charge in [0.05, 0.1) is 12.0 Å². The van der Waals surface area contributed by atoms with Gasteiger partial charge in [0.2, 0.25) is 21.9 Å².